The average molecular weight is 796 g/mol. The topological polar surface area (TPSA) is 83.5 Å². The summed E-state index contributed by atoms with van der Waals surface area (Å²) in [5.41, 5.74) is 0. The van der Waals surface area contributed by atoms with Gasteiger partial charge in [-0.1, -0.05) is 45.4 Å². The third-order valence-electron chi connectivity index (χ3n) is 6.49. The number of carbonyl (C=O) groups excluding carboxylic acids is 3. The molecule has 0 aromatic carbocycles. The van der Waals surface area contributed by atoms with Crippen molar-refractivity contribution in [2.24, 2.45) is 5.92 Å². The van der Waals surface area contributed by atoms with E-state index in [1.54, 1.807) is 0 Å². The van der Waals surface area contributed by atoms with Gasteiger partial charge in [-0.05, 0) is 13.3 Å². The average Bonchev–Trinajstić information content (AvgIpc) is 2.93. The number of carbonyl (C=O) groups is 3. The van der Waals surface area contributed by atoms with Crippen molar-refractivity contribution in [2.75, 3.05) is 0 Å². The summed E-state index contributed by atoms with van der Waals surface area (Å²) < 4.78 is 249. The number of unbranched alkanes of at least 4 members (excludes halogenated alkanes) is 5. The molecule has 0 aliphatic carbocycles. The fourth-order valence-electron chi connectivity index (χ4n) is 3.40. The molecule has 5 nitrogen and oxygen atoms in total. The molecule has 0 rings (SSSR count). The number of ketones is 1. The Kier molecular flexibility index (Phi) is 17.2. The molecule has 50 heavy (non-hydrogen) atoms. The van der Waals surface area contributed by atoms with Gasteiger partial charge in [0.2, 0.25) is 0 Å². The van der Waals surface area contributed by atoms with Crippen LogP contribution in [-0.4, -0.2) is 91.6 Å². The fourth-order valence-corrected chi connectivity index (χ4v) is 4.13. The molecule has 294 valence electrons. The number of hydrogen-bond donors (Lipinski definition) is 0. The molecule has 0 heterocycles. The van der Waals surface area contributed by atoms with Crippen molar-refractivity contribution in [3.05, 3.63) is 0 Å². The first-order chi connectivity index (χ1) is 21.9. The van der Waals surface area contributed by atoms with Crippen molar-refractivity contribution in [3.8, 4) is 0 Å². The Morgan fingerprint density at radius 2 is 0.920 bits per heavy atom. The smallest absolute Gasteiger partial charge is 0.138 e. The van der Waals surface area contributed by atoms with Gasteiger partial charge in [0.25, 0.3) is 0 Å². The number of halogens is 19. The molecule has 0 aromatic heterocycles. The second kappa shape index (κ2) is 17.2. The van der Waals surface area contributed by atoms with E-state index in [4.69, 9.17) is 0 Å². The first-order valence-electron chi connectivity index (χ1n) is 13.8. The predicted molar refractivity (Wildman–Crippen MR) is 130 cm³/mol. The van der Waals surface area contributed by atoms with Gasteiger partial charge >= 0.3 is 186 Å². The molecule has 0 amide bonds. The summed E-state index contributed by atoms with van der Waals surface area (Å²) in [6.45, 7) is 5.30. The maximum absolute atomic E-state index is 13.6. The molecule has 1 atom stereocenters. The van der Waals surface area contributed by atoms with Gasteiger partial charge in [-0.2, -0.15) is 0 Å². The van der Waals surface area contributed by atoms with E-state index in [0.717, 1.165) is 33.1 Å². The van der Waals surface area contributed by atoms with E-state index >= 15 is 0 Å². The van der Waals surface area contributed by atoms with Crippen molar-refractivity contribution in [3.63, 3.8) is 0 Å². The van der Waals surface area contributed by atoms with Gasteiger partial charge in [0, 0.05) is 0 Å². The molecule has 0 N–H and O–H groups in total. The van der Waals surface area contributed by atoms with Crippen molar-refractivity contribution < 1.29 is 107 Å². The van der Waals surface area contributed by atoms with E-state index in [9.17, 15) is 103 Å². The van der Waals surface area contributed by atoms with Crippen LogP contribution in [0.15, 0.2) is 0 Å². The van der Waals surface area contributed by atoms with Crippen molar-refractivity contribution >= 4 is 32.0 Å². The van der Waals surface area contributed by atoms with E-state index in [1.165, 1.54) is 26.2 Å². The van der Waals surface area contributed by atoms with Crippen LogP contribution in [0.2, 0.25) is 0 Å². The van der Waals surface area contributed by atoms with Crippen LogP contribution in [0, 0.1) is 5.92 Å². The Balaban J connectivity index is 0. The first-order valence-corrected chi connectivity index (χ1v) is 14.8. The molecule has 0 saturated carbocycles. The van der Waals surface area contributed by atoms with Crippen LogP contribution in [0.4, 0.5) is 83.4 Å². The van der Waals surface area contributed by atoms with E-state index in [0.29, 0.717) is 6.42 Å². The van der Waals surface area contributed by atoms with Gasteiger partial charge < -0.3 is 9.90 Å². The Labute approximate surface area is 277 Å². The van der Waals surface area contributed by atoms with Gasteiger partial charge in [-0.3, -0.25) is 4.79 Å². The summed E-state index contributed by atoms with van der Waals surface area (Å²) in [4.78, 5) is 32.6. The Morgan fingerprint density at radius 1 is 0.580 bits per heavy atom. The summed E-state index contributed by atoms with van der Waals surface area (Å²) >= 11 is -3.17. The number of carboxylic acid groups (broad SMARTS) is 1. The zero-order valence-corrected chi connectivity index (χ0v) is 27.1. The maximum atomic E-state index is 13.6. The third-order valence-corrected chi connectivity index (χ3v) is 7.75. The van der Waals surface area contributed by atoms with Crippen LogP contribution < -0.4 is 5.11 Å². The van der Waals surface area contributed by atoms with Crippen LogP contribution in [0.25, 0.3) is 0 Å². The molecule has 0 radical (unpaired) electrons. The summed E-state index contributed by atoms with van der Waals surface area (Å²) in [6, 6.07) is 0. The molecular formula is C25H28AlF19O5. The summed E-state index contributed by atoms with van der Waals surface area (Å²) in [7, 11) is 0. The predicted octanol–water partition coefficient (Wildman–Crippen LogP) is 7.89. The second-order valence-electron chi connectivity index (χ2n) is 10.8. The standard InChI is InChI=1S/C12H22O3.C10F19O.C3H7O.Al/c1-3-4-5-6-7-8-9-11(10(2)13)12(14)15;11-2(12,1-30)3(13,14)4(15,16)5(17,18)6(19,20)7(21,22)8(23,24)9(25,26)10(27,28)29;1-3(2)4;/h11H,3-9H2,1-2H3,(H,14,15);;3H,1-2H3;/q;;-1;+2/p-1. The van der Waals surface area contributed by atoms with Crippen LogP contribution in [0.1, 0.15) is 72.6 Å². The number of carboxylic acids is 1. The molecular weight excluding hydrogens is 768 g/mol. The maximum Gasteiger partial charge on any atom is 0.138 e. The van der Waals surface area contributed by atoms with Gasteiger partial charge in [-0.25, -0.2) is 0 Å². The molecule has 1 unspecified atom stereocenters. The summed E-state index contributed by atoms with van der Waals surface area (Å²) in [6.07, 6.45) is -2.20. The van der Waals surface area contributed by atoms with Gasteiger partial charge in [0.05, 0.1) is 11.9 Å². The van der Waals surface area contributed by atoms with Crippen LogP contribution in [0.5, 0.6) is 0 Å². The van der Waals surface area contributed by atoms with Gasteiger partial charge in [0.15, 0.2) is 0 Å². The number of aliphatic carboxylic acids is 1. The normalized spacial score (nSPS) is 14.9. The summed E-state index contributed by atoms with van der Waals surface area (Å²) in [5, 5.41) is 10.6. The Hall–Kier alpha value is -2.03. The van der Waals surface area contributed by atoms with Crippen molar-refractivity contribution in [2.45, 2.75) is 132 Å². The molecule has 0 bridgehead atoms. The van der Waals surface area contributed by atoms with Crippen LogP contribution >= 0.6 is 0 Å². The van der Waals surface area contributed by atoms with Crippen LogP contribution in [-0.2, 0) is 18.2 Å². The molecule has 0 saturated heterocycles. The Bertz CT molecular complexity index is 1130. The minimum Gasteiger partial charge on any atom is -0.549 e. The van der Waals surface area contributed by atoms with Crippen LogP contribution in [0.3, 0.4) is 0 Å². The molecule has 0 aliphatic rings. The Morgan fingerprint density at radius 3 is 1.24 bits per heavy atom. The van der Waals surface area contributed by atoms with E-state index < -0.39 is 91.7 Å². The van der Waals surface area contributed by atoms with E-state index in [-0.39, 0.29) is 5.78 Å². The molecule has 25 heteroatoms. The second-order valence-corrected chi connectivity index (χ2v) is 11.8. The third kappa shape index (κ3) is 9.89. The number of hydrogen-bond acceptors (Lipinski definition) is 5. The minimum atomic E-state index is -9.01. The minimum absolute atomic E-state index is 0.288. The number of alkyl halides is 19. The first kappa shape index (κ1) is 50.1. The van der Waals surface area contributed by atoms with Crippen molar-refractivity contribution in [1.82, 2.24) is 0 Å². The van der Waals surface area contributed by atoms with Gasteiger partial charge in [0.1, 0.15) is 5.78 Å². The van der Waals surface area contributed by atoms with Crippen molar-refractivity contribution in [1.29, 1.82) is 0 Å². The van der Waals surface area contributed by atoms with Gasteiger partial charge in [-0.15, -0.1) is 0 Å². The molecule has 0 aliphatic heterocycles. The number of Topliss-reactive ketones (excluding diaryl/α,β-unsaturated/α-hetero) is 1. The van der Waals surface area contributed by atoms with E-state index in [1.807, 2.05) is 0 Å². The number of rotatable bonds is 20. The largest absolute Gasteiger partial charge is 0.549 e. The molecule has 0 aromatic rings. The molecule has 0 fully saturated rings. The fraction of sp³-hybridized carbons (Fsp3) is 0.880. The monoisotopic (exact) mass is 796 g/mol. The van der Waals surface area contributed by atoms with E-state index in [2.05, 4.69) is 10.7 Å². The quantitative estimate of drug-likeness (QED) is 0.0542. The SMILES string of the molecule is CC(C)[O][Al+][C](=O)C(F)(F)C(F)(F)C(F)(F)C(F)(F)C(F)(F)C(F)(F)C(F)(F)C(F)(F)C(F)(F)F.CCCCCCCCC(C(C)=O)C(=O)[O-]. The summed E-state index contributed by atoms with van der Waals surface area (Å²) in [5.74, 6) is -70.4. The zero-order chi connectivity index (χ0) is 40.8. The molecule has 0 spiro atoms. The zero-order valence-electron chi connectivity index (χ0n) is 25.9.